The maximum absolute atomic E-state index is 12.4. The van der Waals surface area contributed by atoms with Gasteiger partial charge in [-0.1, -0.05) is 18.2 Å². The number of rotatable bonds is 4. The fourth-order valence-corrected chi connectivity index (χ4v) is 3.27. The molecule has 2 N–H and O–H groups in total. The molecular weight excluding hydrogens is 262 g/mol. The zero-order chi connectivity index (χ0) is 14.5. The molecule has 0 bridgehead atoms. The van der Waals surface area contributed by atoms with Gasteiger partial charge in [0.2, 0.25) is 5.91 Å². The minimum atomic E-state index is 0.110. The highest BCUT2D eigenvalue weighted by atomic mass is 16.1. The van der Waals surface area contributed by atoms with Gasteiger partial charge in [0, 0.05) is 18.8 Å². The Bertz CT molecular complexity index is 477. The van der Waals surface area contributed by atoms with E-state index >= 15 is 0 Å². The van der Waals surface area contributed by atoms with Gasteiger partial charge in [-0.05, 0) is 56.9 Å². The molecule has 2 aliphatic rings. The maximum atomic E-state index is 12.4. The van der Waals surface area contributed by atoms with Crippen molar-refractivity contribution in [2.75, 3.05) is 31.5 Å². The molecule has 0 spiro atoms. The molecule has 0 saturated carbocycles. The second kappa shape index (κ2) is 7.05. The smallest absolute Gasteiger partial charge is 0.228 e. The third-order valence-corrected chi connectivity index (χ3v) is 4.54. The number of anilines is 1. The van der Waals surface area contributed by atoms with Gasteiger partial charge in [0.25, 0.3) is 0 Å². The lowest BCUT2D eigenvalue weighted by Gasteiger charge is -2.23. The molecule has 1 amide bonds. The Hall–Kier alpha value is -1.39. The van der Waals surface area contributed by atoms with Crippen molar-refractivity contribution in [2.24, 2.45) is 5.92 Å². The minimum absolute atomic E-state index is 0.110. The van der Waals surface area contributed by atoms with Gasteiger partial charge >= 0.3 is 0 Å². The second-order valence-electron chi connectivity index (χ2n) is 6.17. The molecule has 2 aliphatic heterocycles. The fraction of sp³-hybridized carbons (Fsp3) is 0.588. The van der Waals surface area contributed by atoms with Crippen molar-refractivity contribution in [3.63, 3.8) is 0 Å². The van der Waals surface area contributed by atoms with E-state index in [4.69, 9.17) is 0 Å². The third-order valence-electron chi connectivity index (χ3n) is 4.54. The van der Waals surface area contributed by atoms with Crippen LogP contribution in [0.4, 0.5) is 5.69 Å². The number of nitrogens with zero attached hydrogens (tertiary/aromatic N) is 1. The number of benzene rings is 1. The van der Waals surface area contributed by atoms with E-state index in [0.717, 1.165) is 38.2 Å². The number of piperidine rings is 1. The Balaban J connectivity index is 1.65. The summed E-state index contributed by atoms with van der Waals surface area (Å²) in [4.78, 5) is 14.9. The highest BCUT2D eigenvalue weighted by molar-refractivity contribution is 5.93. The number of hydrogen-bond donors (Lipinski definition) is 2. The van der Waals surface area contributed by atoms with Crippen LogP contribution in [0, 0.1) is 5.92 Å². The highest BCUT2D eigenvalue weighted by Gasteiger charge is 2.22. The molecule has 1 aromatic rings. The van der Waals surface area contributed by atoms with Gasteiger partial charge in [-0.25, -0.2) is 0 Å². The van der Waals surface area contributed by atoms with Crippen molar-refractivity contribution in [1.82, 2.24) is 10.2 Å². The van der Waals surface area contributed by atoms with E-state index in [1.807, 2.05) is 12.1 Å². The topological polar surface area (TPSA) is 44.4 Å². The average molecular weight is 287 g/mol. The lowest BCUT2D eigenvalue weighted by molar-refractivity contribution is -0.120. The van der Waals surface area contributed by atoms with Crippen LogP contribution in [-0.2, 0) is 11.3 Å². The predicted octanol–water partition coefficient (Wildman–Crippen LogP) is 2.22. The van der Waals surface area contributed by atoms with Crippen LogP contribution in [0.15, 0.2) is 24.3 Å². The Labute approximate surface area is 126 Å². The summed E-state index contributed by atoms with van der Waals surface area (Å²) in [6.45, 7) is 5.14. The first kappa shape index (κ1) is 14.5. The maximum Gasteiger partial charge on any atom is 0.228 e. The largest absolute Gasteiger partial charge is 0.326 e. The van der Waals surface area contributed by atoms with Crippen molar-refractivity contribution < 1.29 is 4.79 Å². The Morgan fingerprint density at radius 2 is 2.05 bits per heavy atom. The zero-order valence-corrected chi connectivity index (χ0v) is 12.6. The first-order chi connectivity index (χ1) is 10.3. The average Bonchev–Trinajstić information content (AvgIpc) is 3.03. The first-order valence-corrected chi connectivity index (χ1v) is 8.15. The highest BCUT2D eigenvalue weighted by Crippen LogP contribution is 2.21. The number of nitrogens with one attached hydrogen (secondary N) is 2. The predicted molar refractivity (Wildman–Crippen MR) is 85.2 cm³/mol. The van der Waals surface area contributed by atoms with Crippen LogP contribution in [0.25, 0.3) is 0 Å². The second-order valence-corrected chi connectivity index (χ2v) is 6.17. The molecule has 2 saturated heterocycles. The minimum Gasteiger partial charge on any atom is -0.326 e. The summed E-state index contributed by atoms with van der Waals surface area (Å²) in [7, 11) is 0. The summed E-state index contributed by atoms with van der Waals surface area (Å²) in [5.41, 5.74) is 2.22. The molecular formula is C17H25N3O. The van der Waals surface area contributed by atoms with Crippen molar-refractivity contribution in [2.45, 2.75) is 32.2 Å². The van der Waals surface area contributed by atoms with Crippen LogP contribution in [0.3, 0.4) is 0 Å². The summed E-state index contributed by atoms with van der Waals surface area (Å²) in [6.07, 6.45) is 4.67. The van der Waals surface area contributed by atoms with Crippen LogP contribution in [0.1, 0.15) is 31.2 Å². The van der Waals surface area contributed by atoms with Crippen molar-refractivity contribution >= 4 is 11.6 Å². The molecule has 3 rings (SSSR count). The molecule has 4 nitrogen and oxygen atoms in total. The van der Waals surface area contributed by atoms with Crippen LogP contribution < -0.4 is 10.6 Å². The van der Waals surface area contributed by atoms with E-state index in [9.17, 15) is 4.79 Å². The van der Waals surface area contributed by atoms with E-state index in [2.05, 4.69) is 27.7 Å². The summed E-state index contributed by atoms with van der Waals surface area (Å²) >= 11 is 0. The molecule has 1 atom stereocenters. The summed E-state index contributed by atoms with van der Waals surface area (Å²) in [5, 5.41) is 6.45. The van der Waals surface area contributed by atoms with Gasteiger partial charge in [-0.3, -0.25) is 9.69 Å². The van der Waals surface area contributed by atoms with E-state index in [1.165, 1.54) is 31.5 Å². The molecule has 4 heteroatoms. The molecule has 2 heterocycles. The molecule has 1 aromatic carbocycles. The summed E-state index contributed by atoms with van der Waals surface area (Å²) in [6, 6.07) is 8.22. The van der Waals surface area contributed by atoms with Gasteiger partial charge in [0.15, 0.2) is 0 Å². The molecule has 114 valence electrons. The van der Waals surface area contributed by atoms with Crippen LogP contribution in [0.2, 0.25) is 0 Å². The van der Waals surface area contributed by atoms with Gasteiger partial charge in [-0.15, -0.1) is 0 Å². The molecule has 21 heavy (non-hydrogen) atoms. The molecule has 0 radical (unpaired) electrons. The number of carbonyl (C=O) groups is 1. The van der Waals surface area contributed by atoms with Gasteiger partial charge in [-0.2, -0.15) is 0 Å². The van der Waals surface area contributed by atoms with Crippen LogP contribution >= 0.6 is 0 Å². The SMILES string of the molecule is O=C(Nc1ccccc1CN1CCCC1)[C@@H]1CCCNC1. The number of likely N-dealkylation sites (tertiary alicyclic amines) is 1. The number of para-hydroxylation sites is 1. The number of carbonyl (C=O) groups excluding carboxylic acids is 1. The fourth-order valence-electron chi connectivity index (χ4n) is 3.27. The molecule has 0 unspecified atom stereocenters. The van der Waals surface area contributed by atoms with E-state index in [0.29, 0.717) is 0 Å². The summed E-state index contributed by atoms with van der Waals surface area (Å²) in [5.74, 6) is 0.273. The first-order valence-electron chi connectivity index (χ1n) is 8.15. The number of hydrogen-bond acceptors (Lipinski definition) is 3. The van der Waals surface area contributed by atoms with Crippen molar-refractivity contribution in [3.05, 3.63) is 29.8 Å². The van der Waals surface area contributed by atoms with Crippen LogP contribution in [-0.4, -0.2) is 37.0 Å². The Morgan fingerprint density at radius 1 is 1.24 bits per heavy atom. The molecule has 2 fully saturated rings. The van der Waals surface area contributed by atoms with E-state index in [-0.39, 0.29) is 11.8 Å². The lowest BCUT2D eigenvalue weighted by atomic mass is 9.98. The number of amides is 1. The van der Waals surface area contributed by atoms with E-state index < -0.39 is 0 Å². The van der Waals surface area contributed by atoms with Crippen molar-refractivity contribution in [1.29, 1.82) is 0 Å². The molecule has 0 aromatic heterocycles. The normalized spacial score (nSPS) is 23.1. The van der Waals surface area contributed by atoms with E-state index in [1.54, 1.807) is 0 Å². The molecule has 0 aliphatic carbocycles. The quantitative estimate of drug-likeness (QED) is 0.892. The Morgan fingerprint density at radius 3 is 2.81 bits per heavy atom. The third kappa shape index (κ3) is 3.83. The summed E-state index contributed by atoms with van der Waals surface area (Å²) < 4.78 is 0. The standard InChI is InChI=1S/C17H25N3O/c21-17(14-7-5-9-18-12-14)19-16-8-2-1-6-15(16)13-20-10-3-4-11-20/h1-2,6,8,14,18H,3-5,7,9-13H2,(H,19,21)/t14-/m1/s1. The zero-order valence-electron chi connectivity index (χ0n) is 12.6. The Kier molecular flexibility index (Phi) is 4.88. The monoisotopic (exact) mass is 287 g/mol. The van der Waals surface area contributed by atoms with Gasteiger partial charge < -0.3 is 10.6 Å². The van der Waals surface area contributed by atoms with Crippen molar-refractivity contribution in [3.8, 4) is 0 Å². The van der Waals surface area contributed by atoms with Gasteiger partial charge in [0.1, 0.15) is 0 Å². The van der Waals surface area contributed by atoms with Gasteiger partial charge in [0.05, 0.1) is 5.92 Å². The lowest BCUT2D eigenvalue weighted by Crippen LogP contribution is -2.37. The van der Waals surface area contributed by atoms with Crippen LogP contribution in [0.5, 0.6) is 0 Å².